The molecule has 7 heteroatoms. The van der Waals surface area contributed by atoms with Crippen molar-refractivity contribution < 1.29 is 22.4 Å². The first-order chi connectivity index (χ1) is 8.88. The maximum Gasteiger partial charge on any atom is 0.416 e. The van der Waals surface area contributed by atoms with Crippen molar-refractivity contribution in [2.75, 3.05) is 19.6 Å². The molecule has 19 heavy (non-hydrogen) atoms. The summed E-state index contributed by atoms with van der Waals surface area (Å²) in [4.78, 5) is 11.7. The van der Waals surface area contributed by atoms with Gasteiger partial charge in [-0.15, -0.1) is 0 Å². The lowest BCUT2D eigenvalue weighted by molar-refractivity contribution is -0.137. The highest BCUT2D eigenvalue weighted by Crippen LogP contribution is 2.30. The molecule has 1 aliphatic rings. The fourth-order valence-corrected chi connectivity index (χ4v) is 1.70. The molecule has 3 nitrogen and oxygen atoms in total. The second-order valence-corrected chi connectivity index (χ2v) is 4.43. The number of carbonyl (C=O) groups is 1. The van der Waals surface area contributed by atoms with Gasteiger partial charge in [-0.1, -0.05) is 0 Å². The van der Waals surface area contributed by atoms with E-state index in [4.69, 9.17) is 0 Å². The van der Waals surface area contributed by atoms with Crippen molar-refractivity contribution in [1.29, 1.82) is 0 Å². The minimum absolute atomic E-state index is 0.248. The van der Waals surface area contributed by atoms with Gasteiger partial charge < -0.3 is 10.6 Å². The van der Waals surface area contributed by atoms with Gasteiger partial charge in [0, 0.05) is 25.6 Å². The molecule has 1 aromatic rings. The number of nitrogens with one attached hydrogen (secondary N) is 2. The van der Waals surface area contributed by atoms with Crippen LogP contribution in [0.1, 0.15) is 15.9 Å². The molecule has 0 aromatic heterocycles. The Hall–Kier alpha value is -1.63. The zero-order valence-corrected chi connectivity index (χ0v) is 9.85. The van der Waals surface area contributed by atoms with E-state index in [0.29, 0.717) is 24.7 Å². The molecule has 104 valence electrons. The number of hydrogen-bond donors (Lipinski definition) is 2. The van der Waals surface area contributed by atoms with Gasteiger partial charge in [-0.25, -0.2) is 4.39 Å². The van der Waals surface area contributed by atoms with Crippen LogP contribution in [0.3, 0.4) is 0 Å². The van der Waals surface area contributed by atoms with E-state index in [-0.39, 0.29) is 5.92 Å². The van der Waals surface area contributed by atoms with Crippen molar-refractivity contribution in [3.8, 4) is 0 Å². The summed E-state index contributed by atoms with van der Waals surface area (Å²) in [6.07, 6.45) is -4.60. The van der Waals surface area contributed by atoms with E-state index in [1.807, 2.05) is 0 Å². The van der Waals surface area contributed by atoms with Crippen molar-refractivity contribution in [3.05, 3.63) is 35.1 Å². The highest BCUT2D eigenvalue weighted by atomic mass is 19.4. The van der Waals surface area contributed by atoms with Crippen LogP contribution in [0.15, 0.2) is 18.2 Å². The number of alkyl halides is 3. The molecular formula is C12H12F4N2O. The van der Waals surface area contributed by atoms with E-state index in [1.54, 1.807) is 0 Å². The van der Waals surface area contributed by atoms with Gasteiger partial charge in [-0.3, -0.25) is 4.79 Å². The summed E-state index contributed by atoms with van der Waals surface area (Å²) in [6, 6.07) is 1.80. The van der Waals surface area contributed by atoms with Gasteiger partial charge in [0.15, 0.2) is 0 Å². The molecule has 2 rings (SSSR count). The lowest BCUT2D eigenvalue weighted by atomic mass is 10.0. The third-order valence-electron chi connectivity index (χ3n) is 2.96. The average molecular weight is 276 g/mol. The number of rotatable bonds is 3. The van der Waals surface area contributed by atoms with Gasteiger partial charge in [0.1, 0.15) is 5.82 Å². The van der Waals surface area contributed by atoms with Crippen LogP contribution in [0.4, 0.5) is 17.6 Å². The highest BCUT2D eigenvalue weighted by Gasteiger charge is 2.32. The van der Waals surface area contributed by atoms with E-state index in [1.165, 1.54) is 0 Å². The van der Waals surface area contributed by atoms with Gasteiger partial charge in [-0.05, 0) is 18.2 Å². The molecule has 0 aliphatic carbocycles. The molecule has 0 spiro atoms. The molecule has 0 saturated carbocycles. The van der Waals surface area contributed by atoms with Crippen LogP contribution in [0.25, 0.3) is 0 Å². The Morgan fingerprint density at radius 1 is 1.37 bits per heavy atom. The average Bonchev–Trinajstić information content (AvgIpc) is 2.25. The molecule has 1 saturated heterocycles. The number of halogens is 4. The zero-order valence-electron chi connectivity index (χ0n) is 9.85. The third kappa shape index (κ3) is 3.23. The molecule has 2 N–H and O–H groups in total. The fraction of sp³-hybridized carbons (Fsp3) is 0.417. The van der Waals surface area contributed by atoms with Crippen LogP contribution in [-0.4, -0.2) is 25.5 Å². The predicted molar refractivity (Wildman–Crippen MR) is 60.1 cm³/mol. The minimum Gasteiger partial charge on any atom is -0.352 e. The maximum absolute atomic E-state index is 13.4. The molecule has 1 amide bonds. The number of benzene rings is 1. The van der Waals surface area contributed by atoms with E-state index >= 15 is 0 Å². The van der Waals surface area contributed by atoms with Crippen molar-refractivity contribution in [2.24, 2.45) is 5.92 Å². The van der Waals surface area contributed by atoms with Crippen molar-refractivity contribution in [2.45, 2.75) is 6.18 Å². The van der Waals surface area contributed by atoms with E-state index < -0.39 is 29.0 Å². The predicted octanol–water partition coefficient (Wildman–Crippen LogP) is 1.79. The normalized spacial score (nSPS) is 16.0. The Morgan fingerprint density at radius 3 is 2.58 bits per heavy atom. The summed E-state index contributed by atoms with van der Waals surface area (Å²) < 4.78 is 50.8. The Labute approximate surface area is 107 Å². The van der Waals surface area contributed by atoms with E-state index in [9.17, 15) is 22.4 Å². The minimum atomic E-state index is -4.60. The molecule has 1 aromatic carbocycles. The summed E-state index contributed by atoms with van der Waals surface area (Å²) in [5, 5.41) is 5.43. The topological polar surface area (TPSA) is 41.1 Å². The number of carbonyl (C=O) groups excluding carboxylic acids is 1. The van der Waals surface area contributed by atoms with Crippen LogP contribution in [0.2, 0.25) is 0 Å². The van der Waals surface area contributed by atoms with Gasteiger partial charge in [0.25, 0.3) is 5.91 Å². The van der Waals surface area contributed by atoms with Crippen LogP contribution in [-0.2, 0) is 6.18 Å². The quantitative estimate of drug-likeness (QED) is 0.826. The van der Waals surface area contributed by atoms with Crippen LogP contribution >= 0.6 is 0 Å². The molecular weight excluding hydrogens is 264 g/mol. The summed E-state index contributed by atoms with van der Waals surface area (Å²) in [7, 11) is 0. The first-order valence-corrected chi connectivity index (χ1v) is 5.73. The highest BCUT2D eigenvalue weighted by molar-refractivity contribution is 5.94. The van der Waals surface area contributed by atoms with Gasteiger partial charge >= 0.3 is 6.18 Å². The van der Waals surface area contributed by atoms with E-state index in [0.717, 1.165) is 13.1 Å². The largest absolute Gasteiger partial charge is 0.416 e. The Kier molecular flexibility index (Phi) is 3.75. The summed E-state index contributed by atoms with van der Waals surface area (Å²) >= 11 is 0. The lowest BCUT2D eigenvalue weighted by Crippen LogP contribution is -2.48. The summed E-state index contributed by atoms with van der Waals surface area (Å²) in [5.41, 5.74) is -1.62. The van der Waals surface area contributed by atoms with Crippen molar-refractivity contribution >= 4 is 5.91 Å². The van der Waals surface area contributed by atoms with Crippen molar-refractivity contribution in [1.82, 2.24) is 10.6 Å². The van der Waals surface area contributed by atoms with Crippen LogP contribution < -0.4 is 10.6 Å². The van der Waals surface area contributed by atoms with Gasteiger partial charge in [0.2, 0.25) is 0 Å². The lowest BCUT2D eigenvalue weighted by Gasteiger charge is -2.27. The molecule has 0 unspecified atom stereocenters. The standard InChI is InChI=1S/C12H12F4N2O/c13-10-2-1-8(12(14,15)16)3-9(10)11(19)18-6-7-4-17-5-7/h1-3,7,17H,4-6H2,(H,18,19). The molecule has 0 radical (unpaired) electrons. The number of hydrogen-bond acceptors (Lipinski definition) is 2. The Bertz CT molecular complexity index is 483. The van der Waals surface area contributed by atoms with Crippen LogP contribution in [0.5, 0.6) is 0 Å². The first kappa shape index (κ1) is 13.8. The second kappa shape index (κ2) is 5.16. The Morgan fingerprint density at radius 2 is 2.05 bits per heavy atom. The first-order valence-electron chi connectivity index (χ1n) is 5.73. The smallest absolute Gasteiger partial charge is 0.352 e. The SMILES string of the molecule is O=C(NCC1CNC1)c1cc(C(F)(F)F)ccc1F. The summed E-state index contributed by atoms with van der Waals surface area (Å²) in [6.45, 7) is 1.80. The Balaban J connectivity index is 2.10. The number of amides is 1. The summed E-state index contributed by atoms with van der Waals surface area (Å²) in [5.74, 6) is -1.54. The van der Waals surface area contributed by atoms with E-state index in [2.05, 4.69) is 10.6 Å². The second-order valence-electron chi connectivity index (χ2n) is 4.43. The third-order valence-corrected chi connectivity index (χ3v) is 2.96. The fourth-order valence-electron chi connectivity index (χ4n) is 1.70. The van der Waals surface area contributed by atoms with Gasteiger partial charge in [0.05, 0.1) is 11.1 Å². The van der Waals surface area contributed by atoms with Crippen LogP contribution in [0, 0.1) is 11.7 Å². The molecule has 0 atom stereocenters. The monoisotopic (exact) mass is 276 g/mol. The van der Waals surface area contributed by atoms with Gasteiger partial charge in [-0.2, -0.15) is 13.2 Å². The molecule has 1 heterocycles. The maximum atomic E-state index is 13.4. The van der Waals surface area contributed by atoms with Crippen molar-refractivity contribution in [3.63, 3.8) is 0 Å². The molecule has 0 bridgehead atoms. The molecule has 1 fully saturated rings. The molecule has 1 aliphatic heterocycles. The zero-order chi connectivity index (χ0) is 14.0.